The predicted octanol–water partition coefficient (Wildman–Crippen LogP) is 3.76. The van der Waals surface area contributed by atoms with Gasteiger partial charge in [-0.1, -0.05) is 24.3 Å². The topological polar surface area (TPSA) is 61.0 Å². The number of piperazine rings is 1. The summed E-state index contributed by atoms with van der Waals surface area (Å²) in [4.78, 5) is 13.0. The van der Waals surface area contributed by atoms with Crippen molar-refractivity contribution in [2.24, 2.45) is 0 Å². The average molecular weight is 398 g/mol. The Bertz CT molecular complexity index is 1240. The molecule has 0 saturated carbocycles. The number of nitrogens with zero attached hydrogens (tertiary/aromatic N) is 6. The summed E-state index contributed by atoms with van der Waals surface area (Å²) in [5, 5.41) is 10.7. The van der Waals surface area contributed by atoms with E-state index >= 15 is 0 Å². The lowest BCUT2D eigenvalue weighted by Crippen LogP contribution is -2.47. The fraction of sp³-hybridized carbons (Fsp3) is 0.174. The first-order valence-electron chi connectivity index (χ1n) is 9.81. The molecule has 0 bridgehead atoms. The standard InChI is InChI=1S/C23H19FN6/c24-19-5-1-2-6-20(19)28-10-12-29(13-11-28)23-17(14-25)15-27-22-18(23)4-3-7-21(22)30-9-8-26-16-30/h1-9,15-16H,10-13H2. The van der Waals surface area contributed by atoms with E-state index < -0.39 is 0 Å². The molecule has 0 N–H and O–H groups in total. The van der Waals surface area contributed by atoms with Crippen molar-refractivity contribution in [3.63, 3.8) is 0 Å². The van der Waals surface area contributed by atoms with E-state index in [-0.39, 0.29) is 5.82 Å². The largest absolute Gasteiger partial charge is 0.366 e. The molecule has 0 atom stereocenters. The minimum atomic E-state index is -0.206. The van der Waals surface area contributed by atoms with Gasteiger partial charge in [-0.25, -0.2) is 9.37 Å². The lowest BCUT2D eigenvalue weighted by atomic mass is 10.1. The third kappa shape index (κ3) is 3.03. The van der Waals surface area contributed by atoms with Crippen LogP contribution < -0.4 is 9.80 Å². The fourth-order valence-electron chi connectivity index (χ4n) is 4.11. The van der Waals surface area contributed by atoms with Crippen molar-refractivity contribution >= 4 is 22.3 Å². The van der Waals surface area contributed by atoms with Crippen LogP contribution in [-0.2, 0) is 0 Å². The number of anilines is 2. The van der Waals surface area contributed by atoms with Crippen LogP contribution in [0, 0.1) is 17.1 Å². The molecule has 2 aromatic heterocycles. The quantitative estimate of drug-likeness (QED) is 0.526. The van der Waals surface area contributed by atoms with Gasteiger partial charge in [-0.3, -0.25) is 4.98 Å². The summed E-state index contributed by atoms with van der Waals surface area (Å²) in [6.07, 6.45) is 6.98. The molecule has 0 spiro atoms. The molecule has 1 aliphatic rings. The Kier molecular flexibility index (Phi) is 4.52. The molecule has 5 rings (SSSR count). The van der Waals surface area contributed by atoms with Crippen LogP contribution in [0.4, 0.5) is 15.8 Å². The van der Waals surface area contributed by atoms with Crippen molar-refractivity contribution in [3.05, 3.63) is 78.8 Å². The van der Waals surface area contributed by atoms with Gasteiger partial charge in [0, 0.05) is 50.2 Å². The van der Waals surface area contributed by atoms with Crippen LogP contribution in [0.2, 0.25) is 0 Å². The summed E-state index contributed by atoms with van der Waals surface area (Å²) in [6.45, 7) is 2.74. The second-order valence-electron chi connectivity index (χ2n) is 7.20. The molecule has 3 heterocycles. The monoisotopic (exact) mass is 398 g/mol. The molecule has 148 valence electrons. The van der Waals surface area contributed by atoms with Crippen molar-refractivity contribution < 1.29 is 4.39 Å². The number of nitriles is 1. The minimum absolute atomic E-state index is 0.206. The Morgan fingerprint density at radius 1 is 0.933 bits per heavy atom. The van der Waals surface area contributed by atoms with Gasteiger partial charge in [-0.2, -0.15) is 5.26 Å². The summed E-state index contributed by atoms with van der Waals surface area (Å²) >= 11 is 0. The van der Waals surface area contributed by atoms with E-state index in [1.165, 1.54) is 6.07 Å². The molecule has 2 aromatic carbocycles. The zero-order valence-corrected chi connectivity index (χ0v) is 16.2. The third-order valence-corrected chi connectivity index (χ3v) is 5.54. The highest BCUT2D eigenvalue weighted by Gasteiger charge is 2.23. The number of fused-ring (bicyclic) bond motifs is 1. The predicted molar refractivity (Wildman–Crippen MR) is 114 cm³/mol. The van der Waals surface area contributed by atoms with Gasteiger partial charge < -0.3 is 14.4 Å². The molecule has 0 aliphatic carbocycles. The first kappa shape index (κ1) is 18.1. The van der Waals surface area contributed by atoms with E-state index in [1.54, 1.807) is 24.8 Å². The summed E-state index contributed by atoms with van der Waals surface area (Å²) in [5.41, 5.74) is 3.80. The maximum Gasteiger partial charge on any atom is 0.146 e. The van der Waals surface area contributed by atoms with E-state index in [9.17, 15) is 9.65 Å². The second kappa shape index (κ2) is 7.48. The molecule has 30 heavy (non-hydrogen) atoms. The van der Waals surface area contributed by atoms with E-state index in [1.807, 2.05) is 41.1 Å². The van der Waals surface area contributed by atoms with E-state index in [0.29, 0.717) is 37.4 Å². The van der Waals surface area contributed by atoms with Gasteiger partial charge in [0.2, 0.25) is 0 Å². The molecule has 1 saturated heterocycles. The molecule has 1 aliphatic heterocycles. The average Bonchev–Trinajstić information content (AvgIpc) is 3.33. The maximum atomic E-state index is 14.2. The smallest absolute Gasteiger partial charge is 0.146 e. The van der Waals surface area contributed by atoms with Crippen LogP contribution >= 0.6 is 0 Å². The van der Waals surface area contributed by atoms with Crippen LogP contribution in [0.3, 0.4) is 0 Å². The van der Waals surface area contributed by atoms with Gasteiger partial charge in [0.25, 0.3) is 0 Å². The number of benzene rings is 2. The van der Waals surface area contributed by atoms with E-state index in [2.05, 4.69) is 25.8 Å². The van der Waals surface area contributed by atoms with Gasteiger partial charge in [0.15, 0.2) is 0 Å². The molecule has 0 unspecified atom stereocenters. The SMILES string of the molecule is N#Cc1cnc2c(-n3ccnc3)cccc2c1N1CCN(c2ccccc2F)CC1. The summed E-state index contributed by atoms with van der Waals surface area (Å²) < 4.78 is 16.1. The molecule has 4 aromatic rings. The van der Waals surface area contributed by atoms with Crippen molar-refractivity contribution in [1.82, 2.24) is 14.5 Å². The zero-order chi connectivity index (χ0) is 20.5. The lowest BCUT2D eigenvalue weighted by molar-refractivity contribution is 0.598. The van der Waals surface area contributed by atoms with Crippen LogP contribution in [-0.4, -0.2) is 40.7 Å². The van der Waals surface area contributed by atoms with E-state index in [0.717, 1.165) is 22.3 Å². The van der Waals surface area contributed by atoms with E-state index in [4.69, 9.17) is 0 Å². The summed E-state index contributed by atoms with van der Waals surface area (Å²) in [6, 6.07) is 15.1. The van der Waals surface area contributed by atoms with Crippen molar-refractivity contribution in [3.8, 4) is 11.8 Å². The Balaban J connectivity index is 1.52. The van der Waals surface area contributed by atoms with Gasteiger partial charge in [0.05, 0.1) is 34.5 Å². The highest BCUT2D eigenvalue weighted by atomic mass is 19.1. The summed E-state index contributed by atoms with van der Waals surface area (Å²) in [5.74, 6) is -0.206. The van der Waals surface area contributed by atoms with Crippen molar-refractivity contribution in [2.75, 3.05) is 36.0 Å². The first-order chi connectivity index (χ1) is 14.8. The Morgan fingerprint density at radius 2 is 1.70 bits per heavy atom. The van der Waals surface area contributed by atoms with Crippen molar-refractivity contribution in [1.29, 1.82) is 5.26 Å². The number of hydrogen-bond acceptors (Lipinski definition) is 5. The minimum Gasteiger partial charge on any atom is -0.366 e. The second-order valence-corrected chi connectivity index (χ2v) is 7.20. The molecule has 7 heteroatoms. The molecule has 6 nitrogen and oxygen atoms in total. The van der Waals surface area contributed by atoms with Crippen LogP contribution in [0.1, 0.15) is 5.56 Å². The first-order valence-corrected chi connectivity index (χ1v) is 9.81. The van der Waals surface area contributed by atoms with Gasteiger partial charge >= 0.3 is 0 Å². The Morgan fingerprint density at radius 3 is 2.43 bits per heavy atom. The highest BCUT2D eigenvalue weighted by Crippen LogP contribution is 2.33. The van der Waals surface area contributed by atoms with Crippen molar-refractivity contribution in [2.45, 2.75) is 0 Å². The number of para-hydroxylation sites is 2. The number of imidazole rings is 1. The zero-order valence-electron chi connectivity index (χ0n) is 16.2. The Labute approximate surface area is 173 Å². The lowest BCUT2D eigenvalue weighted by Gasteiger charge is -2.38. The fourth-order valence-corrected chi connectivity index (χ4v) is 4.11. The molecular formula is C23H19FN6. The van der Waals surface area contributed by atoms with Crippen LogP contribution in [0.15, 0.2) is 67.4 Å². The maximum absolute atomic E-state index is 14.2. The Hall–Kier alpha value is -3.92. The highest BCUT2D eigenvalue weighted by molar-refractivity contribution is 5.98. The third-order valence-electron chi connectivity index (χ3n) is 5.54. The molecule has 0 amide bonds. The molecule has 0 radical (unpaired) electrons. The number of halogens is 1. The molecule has 1 fully saturated rings. The van der Waals surface area contributed by atoms with Gasteiger partial charge in [-0.15, -0.1) is 0 Å². The normalized spacial score (nSPS) is 14.1. The number of rotatable bonds is 3. The number of pyridine rings is 1. The van der Waals surface area contributed by atoms with Crippen LogP contribution in [0.25, 0.3) is 16.6 Å². The molecular weight excluding hydrogens is 379 g/mol. The van der Waals surface area contributed by atoms with Gasteiger partial charge in [-0.05, 0) is 18.2 Å². The van der Waals surface area contributed by atoms with Gasteiger partial charge in [0.1, 0.15) is 11.9 Å². The summed E-state index contributed by atoms with van der Waals surface area (Å²) in [7, 11) is 0. The number of hydrogen-bond donors (Lipinski definition) is 0. The van der Waals surface area contributed by atoms with Crippen LogP contribution in [0.5, 0.6) is 0 Å². The number of aromatic nitrogens is 3.